The molecule has 2 heterocycles. The van der Waals surface area contributed by atoms with E-state index in [1.807, 2.05) is 0 Å². The fraction of sp³-hybridized carbons (Fsp3) is 0.875. The first-order valence-corrected chi connectivity index (χ1v) is 4.24. The molecule has 0 radical (unpaired) electrons. The van der Waals surface area contributed by atoms with Gasteiger partial charge >= 0.3 is 6.09 Å². The average Bonchev–Trinajstić information content (AvgIpc) is 2.29. The second-order valence-corrected chi connectivity index (χ2v) is 3.56. The lowest BCUT2D eigenvalue weighted by Crippen LogP contribution is -2.42. The number of likely N-dealkylation sites (N-methyl/N-ethyl adjacent to an activating group) is 1. The molecule has 1 atom stereocenters. The smallest absolute Gasteiger partial charge is 0.410 e. The minimum atomic E-state index is -0.329. The van der Waals surface area contributed by atoms with Gasteiger partial charge in [0.05, 0.1) is 13.2 Å². The lowest BCUT2D eigenvalue weighted by atomic mass is 9.97. The van der Waals surface area contributed by atoms with Crippen molar-refractivity contribution in [1.29, 1.82) is 0 Å². The van der Waals surface area contributed by atoms with Crippen LogP contribution in [0.25, 0.3) is 0 Å². The predicted molar refractivity (Wildman–Crippen MR) is 41.9 cm³/mol. The van der Waals surface area contributed by atoms with Gasteiger partial charge in [0.2, 0.25) is 0 Å². The van der Waals surface area contributed by atoms with E-state index in [-0.39, 0.29) is 11.7 Å². The van der Waals surface area contributed by atoms with Gasteiger partial charge < -0.3 is 14.4 Å². The molecule has 2 fully saturated rings. The predicted octanol–water partition coefficient (Wildman–Crippen LogP) is 0.618. The fourth-order valence-electron chi connectivity index (χ4n) is 1.82. The first-order valence-electron chi connectivity index (χ1n) is 4.24. The molecule has 12 heavy (non-hydrogen) atoms. The Balaban J connectivity index is 2.07. The van der Waals surface area contributed by atoms with Gasteiger partial charge in [-0.15, -0.1) is 0 Å². The zero-order valence-corrected chi connectivity index (χ0v) is 7.21. The molecule has 2 aliphatic rings. The first kappa shape index (κ1) is 7.86. The Hall–Kier alpha value is -0.770. The maximum Gasteiger partial charge on any atom is 0.410 e. The van der Waals surface area contributed by atoms with Gasteiger partial charge in [-0.2, -0.15) is 0 Å². The zero-order chi connectivity index (χ0) is 8.60. The van der Waals surface area contributed by atoms with E-state index in [1.54, 1.807) is 11.9 Å². The zero-order valence-electron chi connectivity index (χ0n) is 7.21. The highest BCUT2D eigenvalue weighted by molar-refractivity contribution is 5.70. The molecule has 0 aliphatic carbocycles. The number of amides is 1. The van der Waals surface area contributed by atoms with E-state index in [9.17, 15) is 4.79 Å². The summed E-state index contributed by atoms with van der Waals surface area (Å²) in [5, 5.41) is 0. The number of nitrogens with zero attached hydrogens (tertiary/aromatic N) is 1. The van der Waals surface area contributed by atoms with E-state index in [0.29, 0.717) is 13.2 Å². The highest BCUT2D eigenvalue weighted by atomic mass is 16.6. The summed E-state index contributed by atoms with van der Waals surface area (Å²) >= 11 is 0. The number of carbonyl (C=O) groups is 1. The molecule has 1 amide bonds. The van der Waals surface area contributed by atoms with E-state index in [1.165, 1.54) is 0 Å². The van der Waals surface area contributed by atoms with Crippen molar-refractivity contribution in [2.45, 2.75) is 18.4 Å². The Bertz CT molecular complexity index is 198. The van der Waals surface area contributed by atoms with Gasteiger partial charge in [0, 0.05) is 13.7 Å². The molecule has 1 unspecified atom stereocenters. The monoisotopic (exact) mass is 171 g/mol. The van der Waals surface area contributed by atoms with Crippen molar-refractivity contribution >= 4 is 6.09 Å². The van der Waals surface area contributed by atoms with Crippen LogP contribution >= 0.6 is 0 Å². The van der Waals surface area contributed by atoms with Crippen LogP contribution in [0.2, 0.25) is 0 Å². The van der Waals surface area contributed by atoms with Crippen LogP contribution in [0.3, 0.4) is 0 Å². The van der Waals surface area contributed by atoms with Crippen LogP contribution < -0.4 is 0 Å². The number of ether oxygens (including phenoxy) is 2. The quantitative estimate of drug-likeness (QED) is 0.536. The Labute approximate surface area is 71.4 Å². The van der Waals surface area contributed by atoms with Crippen molar-refractivity contribution in [2.75, 3.05) is 26.8 Å². The van der Waals surface area contributed by atoms with Crippen LogP contribution in [0.15, 0.2) is 0 Å². The lowest BCUT2D eigenvalue weighted by molar-refractivity contribution is -0.0649. The van der Waals surface area contributed by atoms with Crippen molar-refractivity contribution in [3.05, 3.63) is 0 Å². The van der Waals surface area contributed by atoms with Gasteiger partial charge in [0.15, 0.2) is 5.60 Å². The minimum absolute atomic E-state index is 0.222. The summed E-state index contributed by atoms with van der Waals surface area (Å²) in [5.74, 6) is 0. The Morgan fingerprint density at radius 2 is 2.42 bits per heavy atom. The molecule has 0 aromatic carbocycles. The van der Waals surface area contributed by atoms with Crippen LogP contribution in [0.4, 0.5) is 4.79 Å². The molecule has 4 heteroatoms. The van der Waals surface area contributed by atoms with Gasteiger partial charge in [-0.1, -0.05) is 0 Å². The highest BCUT2D eigenvalue weighted by Gasteiger charge is 2.44. The summed E-state index contributed by atoms with van der Waals surface area (Å²) in [5.41, 5.74) is -0.329. The Morgan fingerprint density at radius 3 is 2.92 bits per heavy atom. The van der Waals surface area contributed by atoms with Crippen LogP contribution in [0.1, 0.15) is 12.8 Å². The molecule has 0 N–H and O–H groups in total. The molecular weight excluding hydrogens is 158 g/mol. The Kier molecular flexibility index (Phi) is 1.72. The maximum atomic E-state index is 11.1. The van der Waals surface area contributed by atoms with Gasteiger partial charge in [0.25, 0.3) is 0 Å². The summed E-state index contributed by atoms with van der Waals surface area (Å²) < 4.78 is 10.6. The van der Waals surface area contributed by atoms with Gasteiger partial charge in [0.1, 0.15) is 0 Å². The molecule has 2 saturated heterocycles. The summed E-state index contributed by atoms with van der Waals surface area (Å²) in [7, 11) is 1.76. The molecule has 0 saturated carbocycles. The molecule has 0 aromatic rings. The first-order chi connectivity index (χ1) is 5.72. The molecule has 2 rings (SSSR count). The molecule has 0 bridgehead atoms. The van der Waals surface area contributed by atoms with Gasteiger partial charge in [-0.25, -0.2) is 4.79 Å². The number of hydrogen-bond acceptors (Lipinski definition) is 3. The van der Waals surface area contributed by atoms with E-state index >= 15 is 0 Å². The van der Waals surface area contributed by atoms with Crippen LogP contribution in [0, 0.1) is 0 Å². The molecule has 0 aromatic heterocycles. The summed E-state index contributed by atoms with van der Waals surface area (Å²) in [6, 6.07) is 0. The molecule has 1 spiro atoms. The third-order valence-corrected chi connectivity index (χ3v) is 2.43. The maximum absolute atomic E-state index is 11.1. The van der Waals surface area contributed by atoms with E-state index in [2.05, 4.69) is 0 Å². The summed E-state index contributed by atoms with van der Waals surface area (Å²) in [6.07, 6.45) is 1.70. The van der Waals surface area contributed by atoms with Crippen molar-refractivity contribution < 1.29 is 14.3 Å². The second-order valence-electron chi connectivity index (χ2n) is 3.56. The summed E-state index contributed by atoms with van der Waals surface area (Å²) in [6.45, 7) is 2.03. The number of rotatable bonds is 0. The van der Waals surface area contributed by atoms with E-state index in [4.69, 9.17) is 9.47 Å². The normalized spacial score (nSPS) is 35.8. The lowest BCUT2D eigenvalue weighted by Gasteiger charge is -2.30. The van der Waals surface area contributed by atoms with Crippen molar-refractivity contribution in [2.24, 2.45) is 0 Å². The standard InChI is InChI=1S/C8H13NO3/c1-9-5-8(12-7(9)10)3-2-4-11-6-8/h2-6H2,1H3. The van der Waals surface area contributed by atoms with Crippen molar-refractivity contribution in [3.8, 4) is 0 Å². The molecule has 2 aliphatic heterocycles. The molecular formula is C8H13NO3. The summed E-state index contributed by atoms with van der Waals surface area (Å²) in [4.78, 5) is 12.7. The Morgan fingerprint density at radius 1 is 1.58 bits per heavy atom. The van der Waals surface area contributed by atoms with Gasteiger partial charge in [-0.05, 0) is 12.8 Å². The highest BCUT2D eigenvalue weighted by Crippen LogP contribution is 2.29. The van der Waals surface area contributed by atoms with Crippen molar-refractivity contribution in [1.82, 2.24) is 4.90 Å². The van der Waals surface area contributed by atoms with Gasteiger partial charge in [-0.3, -0.25) is 0 Å². The largest absolute Gasteiger partial charge is 0.438 e. The molecule has 68 valence electrons. The SMILES string of the molecule is CN1CC2(CCCOC2)OC1=O. The van der Waals surface area contributed by atoms with Crippen LogP contribution in [-0.4, -0.2) is 43.4 Å². The number of carbonyl (C=O) groups excluding carboxylic acids is 1. The number of hydrogen-bond donors (Lipinski definition) is 0. The third-order valence-electron chi connectivity index (χ3n) is 2.43. The second kappa shape index (κ2) is 2.62. The van der Waals surface area contributed by atoms with Crippen LogP contribution in [-0.2, 0) is 9.47 Å². The van der Waals surface area contributed by atoms with Crippen LogP contribution in [0.5, 0.6) is 0 Å². The minimum Gasteiger partial charge on any atom is -0.438 e. The average molecular weight is 171 g/mol. The topological polar surface area (TPSA) is 38.8 Å². The molecule has 4 nitrogen and oxygen atoms in total. The van der Waals surface area contributed by atoms with Crippen molar-refractivity contribution in [3.63, 3.8) is 0 Å². The van der Waals surface area contributed by atoms with E-state index in [0.717, 1.165) is 19.4 Å². The van der Waals surface area contributed by atoms with E-state index < -0.39 is 0 Å². The fourth-order valence-corrected chi connectivity index (χ4v) is 1.82. The third kappa shape index (κ3) is 1.16.